The molecule has 6 heteroatoms. The zero-order valence-electron chi connectivity index (χ0n) is 11.1. The Labute approximate surface area is 117 Å². The first kappa shape index (κ1) is 14.2. The van der Waals surface area contributed by atoms with Crippen molar-refractivity contribution in [2.45, 2.75) is 25.3 Å². The van der Waals surface area contributed by atoms with Crippen LogP contribution in [-0.2, 0) is 11.2 Å². The molecule has 2 rings (SSSR count). The number of carboxylic acids is 1. The summed E-state index contributed by atoms with van der Waals surface area (Å²) in [5.41, 5.74) is 1.08. The van der Waals surface area contributed by atoms with Gasteiger partial charge in [0.1, 0.15) is 12.4 Å². The lowest BCUT2D eigenvalue weighted by atomic mass is 10.0. The van der Waals surface area contributed by atoms with Crippen molar-refractivity contribution in [3.63, 3.8) is 0 Å². The van der Waals surface area contributed by atoms with E-state index in [4.69, 9.17) is 9.84 Å². The van der Waals surface area contributed by atoms with E-state index in [2.05, 4.69) is 10.6 Å². The van der Waals surface area contributed by atoms with Gasteiger partial charge in [0.25, 0.3) is 0 Å². The van der Waals surface area contributed by atoms with Gasteiger partial charge in [-0.05, 0) is 24.5 Å². The number of hydrogen-bond acceptors (Lipinski definition) is 3. The van der Waals surface area contributed by atoms with E-state index in [1.54, 1.807) is 0 Å². The molecule has 0 saturated heterocycles. The maximum atomic E-state index is 11.6. The molecular formula is C14H18N2O4. The molecule has 1 aliphatic heterocycles. The topological polar surface area (TPSA) is 87.7 Å². The number of benzene rings is 1. The molecule has 1 heterocycles. The number of fused-ring (bicyclic) bond motifs is 1. The third-order valence-electron chi connectivity index (χ3n) is 3.07. The largest absolute Gasteiger partial charge is 0.491 e. The number of amides is 2. The number of hydrogen-bond donors (Lipinski definition) is 3. The minimum atomic E-state index is -0.857. The molecule has 3 N–H and O–H groups in total. The number of nitrogens with one attached hydrogen (secondary N) is 2. The van der Waals surface area contributed by atoms with Gasteiger partial charge in [-0.3, -0.25) is 4.79 Å². The first-order valence-electron chi connectivity index (χ1n) is 6.62. The second kappa shape index (κ2) is 6.79. The van der Waals surface area contributed by atoms with Crippen molar-refractivity contribution in [1.82, 2.24) is 10.6 Å². The van der Waals surface area contributed by atoms with Crippen molar-refractivity contribution in [2.24, 2.45) is 0 Å². The monoisotopic (exact) mass is 278 g/mol. The Kier molecular flexibility index (Phi) is 4.81. The van der Waals surface area contributed by atoms with Gasteiger partial charge in [-0.2, -0.15) is 0 Å². The van der Waals surface area contributed by atoms with Crippen molar-refractivity contribution in [3.8, 4) is 5.75 Å². The van der Waals surface area contributed by atoms with Crippen LogP contribution < -0.4 is 15.4 Å². The molecule has 1 unspecified atom stereocenters. The summed E-state index contributed by atoms with van der Waals surface area (Å²) in [5, 5.41) is 14.0. The summed E-state index contributed by atoms with van der Waals surface area (Å²) in [7, 11) is 0. The van der Waals surface area contributed by atoms with E-state index < -0.39 is 5.97 Å². The minimum absolute atomic E-state index is 0.0557. The van der Waals surface area contributed by atoms with E-state index in [-0.39, 0.29) is 18.5 Å². The highest BCUT2D eigenvalue weighted by atomic mass is 16.5. The summed E-state index contributed by atoms with van der Waals surface area (Å²) in [6.07, 6.45) is 1.21. The zero-order valence-corrected chi connectivity index (χ0v) is 11.1. The van der Waals surface area contributed by atoms with Crippen molar-refractivity contribution < 1.29 is 19.4 Å². The average molecular weight is 278 g/mol. The van der Waals surface area contributed by atoms with Gasteiger partial charge in [0.05, 0.1) is 6.04 Å². The normalized spacial score (nSPS) is 16.7. The number of ether oxygens (including phenoxy) is 1. The molecule has 0 aliphatic carbocycles. The van der Waals surface area contributed by atoms with Gasteiger partial charge >= 0.3 is 12.0 Å². The molecule has 1 aliphatic rings. The molecule has 0 aromatic heterocycles. The van der Waals surface area contributed by atoms with Crippen molar-refractivity contribution >= 4 is 12.0 Å². The molecule has 108 valence electrons. The van der Waals surface area contributed by atoms with Crippen LogP contribution in [-0.4, -0.2) is 36.3 Å². The predicted octanol–water partition coefficient (Wildman–Crippen LogP) is 1.15. The Balaban J connectivity index is 1.72. The first-order valence-corrected chi connectivity index (χ1v) is 6.62. The van der Waals surface area contributed by atoms with Gasteiger partial charge in [0.15, 0.2) is 0 Å². The van der Waals surface area contributed by atoms with E-state index in [1.165, 1.54) is 0 Å². The van der Waals surface area contributed by atoms with Crippen molar-refractivity contribution in [2.75, 3.05) is 13.2 Å². The highest BCUT2D eigenvalue weighted by molar-refractivity contribution is 5.74. The fourth-order valence-electron chi connectivity index (χ4n) is 2.10. The van der Waals surface area contributed by atoms with Crippen molar-refractivity contribution in [3.05, 3.63) is 29.8 Å². The number of carbonyl (C=O) groups excluding carboxylic acids is 1. The Hall–Kier alpha value is -2.24. The molecule has 0 bridgehead atoms. The summed E-state index contributed by atoms with van der Waals surface area (Å²) in [6, 6.07) is 7.40. The van der Waals surface area contributed by atoms with Gasteiger partial charge in [-0.15, -0.1) is 0 Å². The minimum Gasteiger partial charge on any atom is -0.491 e. The van der Waals surface area contributed by atoms with E-state index in [9.17, 15) is 9.59 Å². The zero-order chi connectivity index (χ0) is 14.4. The molecule has 1 atom stereocenters. The van der Waals surface area contributed by atoms with Gasteiger partial charge in [0.2, 0.25) is 0 Å². The average Bonchev–Trinajstić information content (AvgIpc) is 2.43. The van der Waals surface area contributed by atoms with Crippen molar-refractivity contribution in [1.29, 1.82) is 0 Å². The molecule has 20 heavy (non-hydrogen) atoms. The number of carbonyl (C=O) groups is 2. The van der Waals surface area contributed by atoms with Crippen LogP contribution in [0.2, 0.25) is 0 Å². The number of rotatable bonds is 5. The van der Waals surface area contributed by atoms with Crippen LogP contribution in [0.5, 0.6) is 5.75 Å². The summed E-state index contributed by atoms with van der Waals surface area (Å²) in [5.74, 6) is 0.0110. The van der Waals surface area contributed by atoms with E-state index in [0.717, 1.165) is 17.7 Å². The van der Waals surface area contributed by atoms with Crippen LogP contribution in [0.25, 0.3) is 0 Å². The summed E-state index contributed by atoms with van der Waals surface area (Å²) < 4.78 is 5.57. The third-order valence-corrected chi connectivity index (χ3v) is 3.07. The molecular weight excluding hydrogens is 260 g/mol. The fraction of sp³-hybridized carbons (Fsp3) is 0.429. The predicted molar refractivity (Wildman–Crippen MR) is 72.8 cm³/mol. The molecule has 2 amide bonds. The molecule has 1 aromatic carbocycles. The molecule has 0 radical (unpaired) electrons. The summed E-state index contributed by atoms with van der Waals surface area (Å²) in [4.78, 5) is 22.0. The Morgan fingerprint density at radius 3 is 2.95 bits per heavy atom. The second-order valence-electron chi connectivity index (χ2n) is 4.72. The van der Waals surface area contributed by atoms with E-state index in [0.29, 0.717) is 19.6 Å². The van der Waals surface area contributed by atoms with Gasteiger partial charge in [-0.25, -0.2) is 4.79 Å². The van der Waals surface area contributed by atoms with Crippen LogP contribution in [0, 0.1) is 0 Å². The standard InChI is InChI=1S/C14H18N2O4/c17-13(18)6-3-7-15-14(19)16-11-8-10-4-1-2-5-12(10)20-9-11/h1-2,4-5,11H,3,6-9H2,(H,17,18)(H2,15,16,19). The van der Waals surface area contributed by atoms with Crippen LogP contribution in [0.15, 0.2) is 24.3 Å². The van der Waals surface area contributed by atoms with Gasteiger partial charge in [0, 0.05) is 13.0 Å². The van der Waals surface area contributed by atoms with Crippen LogP contribution in [0.3, 0.4) is 0 Å². The Bertz CT molecular complexity index is 490. The fourth-order valence-corrected chi connectivity index (χ4v) is 2.10. The van der Waals surface area contributed by atoms with Gasteiger partial charge < -0.3 is 20.5 Å². The SMILES string of the molecule is O=C(O)CCCNC(=O)NC1COc2ccccc2C1. The second-order valence-corrected chi connectivity index (χ2v) is 4.72. The lowest BCUT2D eigenvalue weighted by Crippen LogP contribution is -2.47. The first-order chi connectivity index (χ1) is 9.65. The summed E-state index contributed by atoms with van der Waals surface area (Å²) in [6.45, 7) is 0.794. The van der Waals surface area contributed by atoms with E-state index in [1.807, 2.05) is 24.3 Å². The number of carboxylic acid groups (broad SMARTS) is 1. The number of urea groups is 1. The maximum absolute atomic E-state index is 11.6. The van der Waals surface area contributed by atoms with Crippen LogP contribution in [0.4, 0.5) is 4.79 Å². The summed E-state index contributed by atoms with van der Waals surface area (Å²) >= 11 is 0. The smallest absolute Gasteiger partial charge is 0.315 e. The quantitative estimate of drug-likeness (QED) is 0.705. The van der Waals surface area contributed by atoms with Crippen LogP contribution >= 0.6 is 0 Å². The highest BCUT2D eigenvalue weighted by Gasteiger charge is 2.20. The maximum Gasteiger partial charge on any atom is 0.315 e. The number of para-hydroxylation sites is 1. The lowest BCUT2D eigenvalue weighted by Gasteiger charge is -2.26. The molecule has 0 saturated carbocycles. The molecule has 6 nitrogen and oxygen atoms in total. The lowest BCUT2D eigenvalue weighted by molar-refractivity contribution is -0.137. The van der Waals surface area contributed by atoms with E-state index >= 15 is 0 Å². The molecule has 1 aromatic rings. The number of aliphatic carboxylic acids is 1. The third kappa shape index (κ3) is 4.15. The molecule has 0 spiro atoms. The van der Waals surface area contributed by atoms with Crippen LogP contribution in [0.1, 0.15) is 18.4 Å². The Morgan fingerprint density at radius 2 is 2.15 bits per heavy atom. The Morgan fingerprint density at radius 1 is 1.35 bits per heavy atom. The highest BCUT2D eigenvalue weighted by Crippen LogP contribution is 2.23. The molecule has 0 fully saturated rings. The van der Waals surface area contributed by atoms with Gasteiger partial charge in [-0.1, -0.05) is 18.2 Å².